The topological polar surface area (TPSA) is 104 Å². The van der Waals surface area contributed by atoms with Crippen molar-refractivity contribution >= 4 is 27.1 Å². The van der Waals surface area contributed by atoms with Gasteiger partial charge in [0.1, 0.15) is 0 Å². The Labute approximate surface area is 164 Å². The zero-order valence-corrected chi connectivity index (χ0v) is 16.2. The normalized spacial score (nSPS) is 18.4. The average molecular weight is 401 g/mol. The minimum Gasteiger partial charge on any atom is -0.317 e. The Balaban J connectivity index is 1.63. The molecule has 0 radical (unpaired) electrons. The number of carbonyl (C=O) groups excluding carboxylic acids is 1. The van der Waals surface area contributed by atoms with Crippen molar-refractivity contribution in [3.05, 3.63) is 42.7 Å². The lowest BCUT2D eigenvalue weighted by atomic mass is 10.0. The Kier molecular flexibility index (Phi) is 5.38. The predicted molar refractivity (Wildman–Crippen MR) is 105 cm³/mol. The number of carbonyl (C=O) groups is 1. The number of nitrogens with one attached hydrogen (secondary N) is 2. The molecule has 2 saturated heterocycles. The lowest BCUT2D eigenvalue weighted by Gasteiger charge is -2.32. The molecule has 2 aliphatic heterocycles. The van der Waals surface area contributed by atoms with Gasteiger partial charge >= 0.3 is 0 Å². The lowest BCUT2D eigenvalue weighted by molar-refractivity contribution is -0.123. The zero-order valence-electron chi connectivity index (χ0n) is 15.4. The van der Waals surface area contributed by atoms with Crippen molar-refractivity contribution in [2.45, 2.75) is 23.0 Å². The highest BCUT2D eigenvalue weighted by atomic mass is 32.2. The molecule has 0 unspecified atom stereocenters. The van der Waals surface area contributed by atoms with Crippen molar-refractivity contribution in [2.24, 2.45) is 5.92 Å². The molecule has 0 aliphatic carbocycles. The van der Waals surface area contributed by atoms with Crippen LogP contribution >= 0.6 is 0 Å². The molecule has 2 aliphatic rings. The van der Waals surface area contributed by atoms with Gasteiger partial charge in [-0.3, -0.25) is 9.69 Å². The Morgan fingerprint density at radius 3 is 2.25 bits per heavy atom. The minimum atomic E-state index is -3.37. The summed E-state index contributed by atoms with van der Waals surface area (Å²) in [5.41, 5.74) is 1.23. The van der Waals surface area contributed by atoms with Crippen LogP contribution < -0.4 is 15.5 Å². The van der Waals surface area contributed by atoms with E-state index >= 15 is 0 Å². The summed E-state index contributed by atoms with van der Waals surface area (Å²) in [6.07, 6.45) is 4.30. The summed E-state index contributed by atoms with van der Waals surface area (Å²) in [4.78, 5) is 14.9. The van der Waals surface area contributed by atoms with Gasteiger partial charge in [-0.15, -0.1) is 0 Å². The molecule has 1 aromatic heterocycles. The number of anilines is 2. The number of aromatic nitrogens is 2. The summed E-state index contributed by atoms with van der Waals surface area (Å²) in [6.45, 7) is 2.70. The zero-order chi connectivity index (χ0) is 19.6. The Hall–Kier alpha value is -2.36. The van der Waals surface area contributed by atoms with E-state index in [0.717, 1.165) is 0 Å². The monoisotopic (exact) mass is 401 g/mol. The molecule has 0 bridgehead atoms. The summed E-state index contributed by atoms with van der Waals surface area (Å²) >= 11 is 0. The van der Waals surface area contributed by atoms with Crippen LogP contribution in [0.25, 0.3) is 0 Å². The molecule has 0 spiro atoms. The largest absolute Gasteiger partial charge is 0.317 e. The number of rotatable bonds is 5. The molecule has 2 fully saturated rings. The Morgan fingerprint density at radius 2 is 1.68 bits per heavy atom. The van der Waals surface area contributed by atoms with E-state index in [1.807, 2.05) is 0 Å². The molecule has 0 saturated carbocycles. The SMILES string of the molecule is O=C(C1CNC1)N(c1ccc(S(=O)(=O)C2CCNCC2)cc1)c1ccnnc1. The molecule has 1 amide bonds. The number of piperidine rings is 1. The molecule has 2 aromatic rings. The standard InChI is InChI=1S/C19H23N5O3S/c25-19(14-11-21-12-14)24(16-5-10-22-23-13-16)15-1-3-17(4-2-15)28(26,27)18-6-8-20-9-7-18/h1-5,10,13-14,18,20-21H,6-9,11-12H2. The van der Waals surface area contributed by atoms with Gasteiger partial charge in [0.2, 0.25) is 5.91 Å². The van der Waals surface area contributed by atoms with Crippen LogP contribution in [0.15, 0.2) is 47.6 Å². The Morgan fingerprint density at radius 1 is 0.964 bits per heavy atom. The van der Waals surface area contributed by atoms with Crippen LogP contribution in [0, 0.1) is 5.92 Å². The molecular formula is C19H23N5O3S. The maximum Gasteiger partial charge on any atom is 0.237 e. The van der Waals surface area contributed by atoms with Gasteiger partial charge in [0.05, 0.1) is 34.1 Å². The van der Waals surface area contributed by atoms with Gasteiger partial charge in [0.15, 0.2) is 9.84 Å². The second-order valence-corrected chi connectivity index (χ2v) is 9.35. The first-order chi connectivity index (χ1) is 13.6. The van der Waals surface area contributed by atoms with Crippen LogP contribution in [-0.4, -0.2) is 56.0 Å². The van der Waals surface area contributed by atoms with Gasteiger partial charge < -0.3 is 10.6 Å². The summed E-state index contributed by atoms with van der Waals surface area (Å²) < 4.78 is 25.8. The molecule has 1 aromatic carbocycles. The molecule has 148 valence electrons. The predicted octanol–water partition coefficient (Wildman–Crippen LogP) is 0.886. The van der Waals surface area contributed by atoms with E-state index in [-0.39, 0.29) is 17.1 Å². The molecule has 4 rings (SSSR count). The number of amides is 1. The van der Waals surface area contributed by atoms with Crippen molar-refractivity contribution in [3.63, 3.8) is 0 Å². The van der Waals surface area contributed by atoms with Crippen LogP contribution in [0.2, 0.25) is 0 Å². The third-order valence-corrected chi connectivity index (χ3v) is 7.60. The highest BCUT2D eigenvalue weighted by molar-refractivity contribution is 7.92. The van der Waals surface area contributed by atoms with Crippen molar-refractivity contribution in [1.82, 2.24) is 20.8 Å². The first-order valence-electron chi connectivity index (χ1n) is 9.43. The molecule has 9 heteroatoms. The van der Waals surface area contributed by atoms with Crippen LogP contribution in [0.4, 0.5) is 11.4 Å². The fraction of sp³-hybridized carbons (Fsp3) is 0.421. The molecule has 8 nitrogen and oxygen atoms in total. The molecule has 28 heavy (non-hydrogen) atoms. The van der Waals surface area contributed by atoms with Crippen LogP contribution in [-0.2, 0) is 14.6 Å². The highest BCUT2D eigenvalue weighted by Gasteiger charge is 2.32. The van der Waals surface area contributed by atoms with Crippen LogP contribution in [0.1, 0.15) is 12.8 Å². The second kappa shape index (κ2) is 7.94. The molecular weight excluding hydrogens is 378 g/mol. The Bertz CT molecular complexity index is 924. The van der Waals surface area contributed by atoms with Crippen molar-refractivity contribution < 1.29 is 13.2 Å². The van der Waals surface area contributed by atoms with Crippen LogP contribution in [0.5, 0.6) is 0 Å². The first kappa shape index (κ1) is 19.0. The summed E-state index contributed by atoms with van der Waals surface area (Å²) in [6, 6.07) is 8.30. The number of hydrogen-bond donors (Lipinski definition) is 2. The van der Waals surface area contributed by atoms with Crippen LogP contribution in [0.3, 0.4) is 0 Å². The van der Waals surface area contributed by atoms with E-state index in [4.69, 9.17) is 0 Å². The first-order valence-corrected chi connectivity index (χ1v) is 11.0. The smallest absolute Gasteiger partial charge is 0.237 e. The number of nitrogens with zero attached hydrogens (tertiary/aromatic N) is 3. The van der Waals surface area contributed by atoms with E-state index in [0.29, 0.717) is 55.3 Å². The highest BCUT2D eigenvalue weighted by Crippen LogP contribution is 2.30. The second-order valence-electron chi connectivity index (χ2n) is 7.12. The van der Waals surface area contributed by atoms with E-state index in [1.54, 1.807) is 35.2 Å². The summed E-state index contributed by atoms with van der Waals surface area (Å²) in [5.74, 6) is -0.146. The number of sulfone groups is 1. The van der Waals surface area contributed by atoms with E-state index in [9.17, 15) is 13.2 Å². The van der Waals surface area contributed by atoms with Gasteiger partial charge in [-0.05, 0) is 56.3 Å². The summed E-state index contributed by atoms with van der Waals surface area (Å²) in [7, 11) is -3.37. The van der Waals surface area contributed by atoms with Gasteiger partial charge in [0, 0.05) is 18.8 Å². The lowest BCUT2D eigenvalue weighted by Crippen LogP contribution is -2.51. The average Bonchev–Trinajstić information content (AvgIpc) is 2.69. The molecule has 0 atom stereocenters. The van der Waals surface area contributed by atoms with Crippen molar-refractivity contribution in [3.8, 4) is 0 Å². The van der Waals surface area contributed by atoms with Crippen molar-refractivity contribution in [2.75, 3.05) is 31.1 Å². The fourth-order valence-electron chi connectivity index (χ4n) is 3.55. The van der Waals surface area contributed by atoms with Crippen molar-refractivity contribution in [1.29, 1.82) is 0 Å². The van der Waals surface area contributed by atoms with Gasteiger partial charge in [0.25, 0.3) is 0 Å². The number of hydrogen-bond acceptors (Lipinski definition) is 7. The molecule has 3 heterocycles. The fourth-order valence-corrected chi connectivity index (χ4v) is 5.31. The maximum absolute atomic E-state index is 13.0. The number of benzene rings is 1. The van der Waals surface area contributed by atoms with Gasteiger partial charge in [-0.1, -0.05) is 0 Å². The summed E-state index contributed by atoms with van der Waals surface area (Å²) in [5, 5.41) is 13.6. The maximum atomic E-state index is 13.0. The van der Waals surface area contributed by atoms with E-state index < -0.39 is 9.84 Å². The quantitative estimate of drug-likeness (QED) is 0.767. The molecule has 2 N–H and O–H groups in total. The minimum absolute atomic E-state index is 0.0410. The third-order valence-electron chi connectivity index (χ3n) is 5.33. The van der Waals surface area contributed by atoms with Gasteiger partial charge in [-0.2, -0.15) is 10.2 Å². The third kappa shape index (κ3) is 3.65. The van der Waals surface area contributed by atoms with Gasteiger partial charge in [-0.25, -0.2) is 8.42 Å². The van der Waals surface area contributed by atoms with E-state index in [1.165, 1.54) is 12.4 Å². The van der Waals surface area contributed by atoms with E-state index in [2.05, 4.69) is 20.8 Å².